The fraction of sp³-hybridized carbons (Fsp3) is 0.333. The fourth-order valence-electron chi connectivity index (χ4n) is 1.55. The van der Waals surface area contributed by atoms with Crippen LogP contribution in [0, 0.1) is 0 Å². The summed E-state index contributed by atoms with van der Waals surface area (Å²) < 4.78 is 6.23. The van der Waals surface area contributed by atoms with Gasteiger partial charge in [0.15, 0.2) is 0 Å². The SMILES string of the molecule is CC(C)NC(=O)CCOc1ccc(C=CC(=O)O)cc1Br. The molecule has 0 aromatic heterocycles. The molecule has 1 rings (SSSR count). The summed E-state index contributed by atoms with van der Waals surface area (Å²) in [5, 5.41) is 11.4. The Morgan fingerprint density at radius 1 is 1.43 bits per heavy atom. The number of hydrogen-bond acceptors (Lipinski definition) is 3. The number of carboxylic acids is 1. The van der Waals surface area contributed by atoms with Crippen molar-refractivity contribution in [2.24, 2.45) is 0 Å². The van der Waals surface area contributed by atoms with Crippen molar-refractivity contribution >= 4 is 33.9 Å². The molecule has 2 N–H and O–H groups in total. The van der Waals surface area contributed by atoms with Gasteiger partial charge in [-0.1, -0.05) is 6.07 Å². The first-order chi connectivity index (χ1) is 9.88. The summed E-state index contributed by atoms with van der Waals surface area (Å²) in [6, 6.07) is 5.34. The fourth-order valence-corrected chi connectivity index (χ4v) is 2.06. The summed E-state index contributed by atoms with van der Waals surface area (Å²) in [5.41, 5.74) is 0.745. The maximum absolute atomic E-state index is 11.5. The Morgan fingerprint density at radius 2 is 2.14 bits per heavy atom. The average molecular weight is 356 g/mol. The molecule has 0 atom stereocenters. The van der Waals surface area contributed by atoms with Gasteiger partial charge in [-0.05, 0) is 53.5 Å². The highest BCUT2D eigenvalue weighted by atomic mass is 79.9. The highest BCUT2D eigenvalue weighted by Gasteiger charge is 2.06. The Balaban J connectivity index is 2.53. The lowest BCUT2D eigenvalue weighted by atomic mass is 10.2. The lowest BCUT2D eigenvalue weighted by Gasteiger charge is -2.10. The topological polar surface area (TPSA) is 75.6 Å². The molecular weight excluding hydrogens is 338 g/mol. The Hall–Kier alpha value is -1.82. The van der Waals surface area contributed by atoms with Crippen LogP contribution < -0.4 is 10.1 Å². The predicted octanol–water partition coefficient (Wildman–Crippen LogP) is 2.84. The van der Waals surface area contributed by atoms with E-state index in [1.807, 2.05) is 13.8 Å². The first-order valence-corrected chi connectivity index (χ1v) is 7.30. The Kier molecular flexibility index (Phi) is 6.94. The van der Waals surface area contributed by atoms with Gasteiger partial charge in [0.2, 0.25) is 5.91 Å². The minimum Gasteiger partial charge on any atom is -0.492 e. The first-order valence-electron chi connectivity index (χ1n) is 6.51. The van der Waals surface area contributed by atoms with Crippen LogP contribution in [0.4, 0.5) is 0 Å². The quantitative estimate of drug-likeness (QED) is 0.737. The minimum absolute atomic E-state index is 0.0536. The molecule has 5 nitrogen and oxygen atoms in total. The molecule has 0 bridgehead atoms. The normalized spacial score (nSPS) is 10.9. The van der Waals surface area contributed by atoms with Crippen molar-refractivity contribution in [2.45, 2.75) is 26.3 Å². The summed E-state index contributed by atoms with van der Waals surface area (Å²) in [6.45, 7) is 4.08. The first kappa shape index (κ1) is 17.2. The summed E-state index contributed by atoms with van der Waals surface area (Å²) in [6.07, 6.45) is 2.84. The van der Waals surface area contributed by atoms with Crippen molar-refractivity contribution in [3.05, 3.63) is 34.3 Å². The van der Waals surface area contributed by atoms with Gasteiger partial charge in [-0.25, -0.2) is 4.79 Å². The van der Waals surface area contributed by atoms with E-state index in [0.717, 1.165) is 11.6 Å². The third kappa shape index (κ3) is 6.94. The molecule has 6 heteroatoms. The molecule has 21 heavy (non-hydrogen) atoms. The van der Waals surface area contributed by atoms with Gasteiger partial charge in [-0.3, -0.25) is 4.79 Å². The number of rotatable bonds is 7. The molecule has 0 heterocycles. The maximum Gasteiger partial charge on any atom is 0.328 e. The van der Waals surface area contributed by atoms with Gasteiger partial charge in [0.1, 0.15) is 5.75 Å². The minimum atomic E-state index is -0.998. The number of amides is 1. The van der Waals surface area contributed by atoms with E-state index in [2.05, 4.69) is 21.2 Å². The van der Waals surface area contributed by atoms with Gasteiger partial charge in [-0.2, -0.15) is 0 Å². The van der Waals surface area contributed by atoms with Gasteiger partial charge in [0.25, 0.3) is 0 Å². The van der Waals surface area contributed by atoms with E-state index in [0.29, 0.717) is 10.2 Å². The third-order valence-electron chi connectivity index (χ3n) is 2.41. The van der Waals surface area contributed by atoms with Gasteiger partial charge >= 0.3 is 5.97 Å². The molecule has 0 spiro atoms. The zero-order valence-electron chi connectivity index (χ0n) is 11.9. The van der Waals surface area contributed by atoms with E-state index in [4.69, 9.17) is 9.84 Å². The molecule has 1 aromatic rings. The number of carbonyl (C=O) groups is 2. The second-order valence-electron chi connectivity index (χ2n) is 4.68. The number of carboxylic acid groups (broad SMARTS) is 1. The highest BCUT2D eigenvalue weighted by molar-refractivity contribution is 9.10. The van der Waals surface area contributed by atoms with Gasteiger partial charge in [0.05, 0.1) is 17.5 Å². The molecule has 0 unspecified atom stereocenters. The van der Waals surface area contributed by atoms with Gasteiger partial charge < -0.3 is 15.2 Å². The van der Waals surface area contributed by atoms with Crippen LogP contribution in [0.15, 0.2) is 28.7 Å². The lowest BCUT2D eigenvalue weighted by molar-refractivity contribution is -0.131. The van der Waals surface area contributed by atoms with Crippen LogP contribution >= 0.6 is 15.9 Å². The van der Waals surface area contributed by atoms with Crippen molar-refractivity contribution in [3.8, 4) is 5.75 Å². The number of halogens is 1. The van der Waals surface area contributed by atoms with Crippen LogP contribution in [0.2, 0.25) is 0 Å². The summed E-state index contributed by atoms with van der Waals surface area (Å²) >= 11 is 3.35. The Bertz CT molecular complexity index is 540. The number of ether oxygens (including phenoxy) is 1. The van der Waals surface area contributed by atoms with Crippen LogP contribution in [-0.2, 0) is 9.59 Å². The molecule has 0 saturated heterocycles. The molecule has 0 radical (unpaired) electrons. The van der Waals surface area contributed by atoms with E-state index >= 15 is 0 Å². The van der Waals surface area contributed by atoms with Crippen molar-refractivity contribution < 1.29 is 19.4 Å². The smallest absolute Gasteiger partial charge is 0.328 e. The number of nitrogens with one attached hydrogen (secondary N) is 1. The third-order valence-corrected chi connectivity index (χ3v) is 3.03. The zero-order valence-corrected chi connectivity index (χ0v) is 13.5. The van der Waals surface area contributed by atoms with E-state index in [-0.39, 0.29) is 25.0 Å². The van der Waals surface area contributed by atoms with E-state index in [1.165, 1.54) is 6.08 Å². The van der Waals surface area contributed by atoms with Crippen LogP contribution in [0.1, 0.15) is 25.8 Å². The molecule has 0 saturated carbocycles. The van der Waals surface area contributed by atoms with E-state index in [1.54, 1.807) is 18.2 Å². The molecular formula is C15H18BrNO4. The molecule has 1 amide bonds. The van der Waals surface area contributed by atoms with Gasteiger partial charge in [0, 0.05) is 12.1 Å². The molecule has 0 aliphatic rings. The maximum atomic E-state index is 11.5. The predicted molar refractivity (Wildman–Crippen MR) is 84.2 cm³/mol. The largest absolute Gasteiger partial charge is 0.492 e. The second kappa shape index (κ2) is 8.46. The Morgan fingerprint density at radius 3 is 2.71 bits per heavy atom. The number of benzene rings is 1. The van der Waals surface area contributed by atoms with E-state index in [9.17, 15) is 9.59 Å². The molecule has 0 fully saturated rings. The zero-order chi connectivity index (χ0) is 15.8. The number of hydrogen-bond donors (Lipinski definition) is 2. The van der Waals surface area contributed by atoms with Crippen molar-refractivity contribution in [1.82, 2.24) is 5.32 Å². The van der Waals surface area contributed by atoms with Crippen molar-refractivity contribution in [3.63, 3.8) is 0 Å². The lowest BCUT2D eigenvalue weighted by Crippen LogP contribution is -2.31. The van der Waals surface area contributed by atoms with Crippen molar-refractivity contribution in [2.75, 3.05) is 6.61 Å². The van der Waals surface area contributed by atoms with Crippen LogP contribution in [0.25, 0.3) is 6.08 Å². The van der Waals surface area contributed by atoms with Crippen LogP contribution in [0.5, 0.6) is 5.75 Å². The number of carbonyl (C=O) groups excluding carboxylic acids is 1. The second-order valence-corrected chi connectivity index (χ2v) is 5.54. The molecule has 0 aliphatic heterocycles. The average Bonchev–Trinajstić information content (AvgIpc) is 2.37. The summed E-state index contributed by atoms with van der Waals surface area (Å²) in [5.74, 6) is -0.440. The van der Waals surface area contributed by atoms with Gasteiger partial charge in [-0.15, -0.1) is 0 Å². The summed E-state index contributed by atoms with van der Waals surface area (Å²) in [4.78, 5) is 21.9. The van der Waals surface area contributed by atoms with Crippen LogP contribution in [-0.4, -0.2) is 29.6 Å². The van der Waals surface area contributed by atoms with Crippen LogP contribution in [0.3, 0.4) is 0 Å². The standard InChI is InChI=1S/C15H18BrNO4/c1-10(2)17-14(18)7-8-21-13-5-3-11(9-12(13)16)4-6-15(19)20/h3-6,9-10H,7-8H2,1-2H3,(H,17,18)(H,19,20). The Labute approximate surface area is 132 Å². The van der Waals surface area contributed by atoms with Crippen molar-refractivity contribution in [1.29, 1.82) is 0 Å². The molecule has 1 aromatic carbocycles. The summed E-state index contributed by atoms with van der Waals surface area (Å²) in [7, 11) is 0. The van der Waals surface area contributed by atoms with E-state index < -0.39 is 5.97 Å². The molecule has 0 aliphatic carbocycles. The molecule has 114 valence electrons. The monoisotopic (exact) mass is 355 g/mol. The number of aliphatic carboxylic acids is 1. The highest BCUT2D eigenvalue weighted by Crippen LogP contribution is 2.26.